The molecule has 0 aliphatic rings. The smallest absolute Gasteiger partial charge is 0.174 e. The van der Waals surface area contributed by atoms with Crippen LogP contribution in [0.15, 0.2) is 4.34 Å². The maximum Gasteiger partial charge on any atom is 0.174 e. The first-order valence-electron chi connectivity index (χ1n) is 5.07. The van der Waals surface area contributed by atoms with Crippen molar-refractivity contribution < 1.29 is 0 Å². The van der Waals surface area contributed by atoms with E-state index in [1.807, 2.05) is 27.7 Å². The van der Waals surface area contributed by atoms with E-state index in [2.05, 4.69) is 21.6 Å². The molecule has 0 bridgehead atoms. The Bertz CT molecular complexity index is 382. The third-order valence-corrected chi connectivity index (χ3v) is 4.13. The van der Waals surface area contributed by atoms with Crippen molar-refractivity contribution in [3.05, 3.63) is 5.01 Å². The maximum atomic E-state index is 9.16. The van der Waals surface area contributed by atoms with Crippen LogP contribution in [0.4, 0.5) is 0 Å². The van der Waals surface area contributed by atoms with E-state index in [0.717, 1.165) is 9.35 Å². The molecule has 0 aliphatic heterocycles. The Balaban J connectivity index is 2.55. The molecule has 6 heteroatoms. The van der Waals surface area contributed by atoms with Gasteiger partial charge in [0.05, 0.1) is 6.07 Å². The van der Waals surface area contributed by atoms with E-state index in [0.29, 0.717) is 11.8 Å². The number of nitrogens with zero attached hydrogens (tertiary/aromatic N) is 3. The SMILES string of the molecule is Cc1nnc(SCC(C)(C#N)NC(C)C)s1. The van der Waals surface area contributed by atoms with E-state index in [9.17, 15) is 0 Å². The molecular weight excluding hydrogens is 240 g/mol. The zero-order chi connectivity index (χ0) is 12.2. The van der Waals surface area contributed by atoms with Gasteiger partial charge in [-0.2, -0.15) is 5.26 Å². The largest absolute Gasteiger partial charge is 0.297 e. The van der Waals surface area contributed by atoms with Crippen LogP contribution in [-0.2, 0) is 0 Å². The molecule has 0 saturated heterocycles. The summed E-state index contributed by atoms with van der Waals surface area (Å²) in [5.74, 6) is 0.677. The van der Waals surface area contributed by atoms with E-state index >= 15 is 0 Å². The van der Waals surface area contributed by atoms with Crippen LogP contribution in [0.3, 0.4) is 0 Å². The molecule has 0 fully saturated rings. The molecule has 88 valence electrons. The average molecular weight is 256 g/mol. The monoisotopic (exact) mass is 256 g/mol. The van der Waals surface area contributed by atoms with Crippen molar-refractivity contribution in [2.24, 2.45) is 0 Å². The highest BCUT2D eigenvalue weighted by atomic mass is 32.2. The molecule has 0 saturated carbocycles. The summed E-state index contributed by atoms with van der Waals surface area (Å²) in [5.41, 5.74) is -0.515. The molecule has 0 amide bonds. The predicted molar refractivity (Wildman–Crippen MR) is 67.7 cm³/mol. The first kappa shape index (κ1) is 13.4. The van der Waals surface area contributed by atoms with Gasteiger partial charge in [-0.05, 0) is 27.7 Å². The van der Waals surface area contributed by atoms with Crippen LogP contribution in [0.2, 0.25) is 0 Å². The lowest BCUT2D eigenvalue weighted by molar-refractivity contribution is 0.443. The van der Waals surface area contributed by atoms with Gasteiger partial charge in [0.15, 0.2) is 4.34 Å². The van der Waals surface area contributed by atoms with Crippen molar-refractivity contribution in [2.45, 2.75) is 43.6 Å². The molecule has 1 aromatic rings. The van der Waals surface area contributed by atoms with Crippen molar-refractivity contribution in [1.82, 2.24) is 15.5 Å². The summed E-state index contributed by atoms with van der Waals surface area (Å²) >= 11 is 3.14. The number of thioether (sulfide) groups is 1. The third-order valence-electron chi connectivity index (χ3n) is 1.85. The molecule has 1 unspecified atom stereocenters. The van der Waals surface area contributed by atoms with Gasteiger partial charge in [0, 0.05) is 11.8 Å². The zero-order valence-corrected chi connectivity index (χ0v) is 11.6. The molecule has 0 aromatic carbocycles. The standard InChI is InChI=1S/C10H16N4S2/c1-7(2)12-10(4,5-11)6-15-9-14-13-8(3)16-9/h7,12H,6H2,1-4H3. The highest BCUT2D eigenvalue weighted by molar-refractivity contribution is 8.01. The lowest BCUT2D eigenvalue weighted by atomic mass is 10.1. The van der Waals surface area contributed by atoms with Gasteiger partial charge in [0.2, 0.25) is 0 Å². The summed E-state index contributed by atoms with van der Waals surface area (Å²) in [6.07, 6.45) is 0. The first-order valence-corrected chi connectivity index (χ1v) is 6.87. The Morgan fingerprint density at radius 3 is 2.69 bits per heavy atom. The van der Waals surface area contributed by atoms with E-state index < -0.39 is 5.54 Å². The van der Waals surface area contributed by atoms with Crippen LogP contribution < -0.4 is 5.32 Å². The second-order valence-corrected chi connectivity index (χ2v) is 6.52. The molecule has 0 radical (unpaired) electrons. The molecule has 1 rings (SSSR count). The quantitative estimate of drug-likeness (QED) is 0.818. The Morgan fingerprint density at radius 2 is 2.25 bits per heavy atom. The van der Waals surface area contributed by atoms with Gasteiger partial charge in [-0.1, -0.05) is 23.1 Å². The fourth-order valence-corrected chi connectivity index (χ4v) is 3.14. The number of hydrogen-bond acceptors (Lipinski definition) is 6. The van der Waals surface area contributed by atoms with Crippen molar-refractivity contribution in [3.8, 4) is 6.07 Å². The number of nitriles is 1. The van der Waals surface area contributed by atoms with Crippen molar-refractivity contribution in [3.63, 3.8) is 0 Å². The van der Waals surface area contributed by atoms with Crippen LogP contribution in [0.1, 0.15) is 25.8 Å². The predicted octanol–water partition coefficient (Wildman–Crippen LogP) is 2.22. The number of rotatable bonds is 5. The summed E-state index contributed by atoms with van der Waals surface area (Å²) < 4.78 is 0.921. The average Bonchev–Trinajstić information content (AvgIpc) is 2.60. The fraction of sp³-hybridized carbons (Fsp3) is 0.700. The van der Waals surface area contributed by atoms with Crippen molar-refractivity contribution in [1.29, 1.82) is 5.26 Å². The van der Waals surface area contributed by atoms with Crippen LogP contribution in [0.25, 0.3) is 0 Å². The van der Waals surface area contributed by atoms with E-state index in [4.69, 9.17) is 5.26 Å². The van der Waals surface area contributed by atoms with Gasteiger partial charge in [-0.3, -0.25) is 5.32 Å². The third kappa shape index (κ3) is 4.08. The van der Waals surface area contributed by atoms with Crippen molar-refractivity contribution >= 4 is 23.1 Å². The van der Waals surface area contributed by atoms with E-state index in [1.165, 1.54) is 0 Å². The lowest BCUT2D eigenvalue weighted by Crippen LogP contribution is -2.47. The molecule has 4 nitrogen and oxygen atoms in total. The van der Waals surface area contributed by atoms with Gasteiger partial charge in [0.25, 0.3) is 0 Å². The van der Waals surface area contributed by atoms with Crippen LogP contribution in [0, 0.1) is 18.3 Å². The molecule has 1 atom stereocenters. The summed E-state index contributed by atoms with van der Waals surface area (Å²) in [6.45, 7) is 7.91. The second-order valence-electron chi connectivity index (χ2n) is 4.12. The van der Waals surface area contributed by atoms with Gasteiger partial charge in [0.1, 0.15) is 10.5 Å². The minimum atomic E-state index is -0.515. The molecule has 1 heterocycles. The topological polar surface area (TPSA) is 61.6 Å². The van der Waals surface area contributed by atoms with Crippen molar-refractivity contribution in [2.75, 3.05) is 5.75 Å². The number of hydrogen-bond donors (Lipinski definition) is 1. The van der Waals surface area contributed by atoms with Crippen LogP contribution in [0.5, 0.6) is 0 Å². The molecule has 0 aliphatic carbocycles. The summed E-state index contributed by atoms with van der Waals surface area (Å²) in [6, 6.07) is 2.60. The highest BCUT2D eigenvalue weighted by Gasteiger charge is 2.25. The lowest BCUT2D eigenvalue weighted by Gasteiger charge is -2.24. The number of nitrogens with one attached hydrogen (secondary N) is 1. The first-order chi connectivity index (χ1) is 7.45. The fourth-order valence-electron chi connectivity index (χ4n) is 1.29. The highest BCUT2D eigenvalue weighted by Crippen LogP contribution is 2.25. The van der Waals surface area contributed by atoms with Crippen LogP contribution in [-0.4, -0.2) is 27.5 Å². The molecule has 0 spiro atoms. The molecule has 16 heavy (non-hydrogen) atoms. The normalized spacial score (nSPS) is 14.8. The summed E-state index contributed by atoms with van der Waals surface area (Å²) in [5, 5.41) is 21.3. The van der Waals surface area contributed by atoms with Crippen LogP contribution >= 0.6 is 23.1 Å². The molecular formula is C10H16N4S2. The Hall–Kier alpha value is -0.640. The zero-order valence-electron chi connectivity index (χ0n) is 9.94. The number of aryl methyl sites for hydroxylation is 1. The number of aromatic nitrogens is 2. The summed E-state index contributed by atoms with van der Waals surface area (Å²) in [7, 11) is 0. The minimum absolute atomic E-state index is 0.293. The van der Waals surface area contributed by atoms with Gasteiger partial charge >= 0.3 is 0 Å². The molecule has 1 N–H and O–H groups in total. The molecule has 1 aromatic heterocycles. The second kappa shape index (κ2) is 5.62. The minimum Gasteiger partial charge on any atom is -0.297 e. The van der Waals surface area contributed by atoms with E-state index in [1.54, 1.807) is 23.1 Å². The Morgan fingerprint density at radius 1 is 1.56 bits per heavy atom. The summed E-state index contributed by atoms with van der Waals surface area (Å²) in [4.78, 5) is 0. The van der Waals surface area contributed by atoms with Gasteiger partial charge in [-0.25, -0.2) is 0 Å². The maximum absolute atomic E-state index is 9.16. The van der Waals surface area contributed by atoms with E-state index in [-0.39, 0.29) is 0 Å². The van der Waals surface area contributed by atoms with Gasteiger partial charge in [-0.15, -0.1) is 10.2 Å². The Labute approximate surface area is 104 Å². The Kier molecular flexibility index (Phi) is 4.71. The van der Waals surface area contributed by atoms with Gasteiger partial charge < -0.3 is 0 Å².